The fourth-order valence-electron chi connectivity index (χ4n) is 2.16. The van der Waals surface area contributed by atoms with Crippen LogP contribution in [0.1, 0.15) is 38.8 Å². The summed E-state index contributed by atoms with van der Waals surface area (Å²) in [5.41, 5.74) is 1.68. The van der Waals surface area contributed by atoms with E-state index in [1.54, 1.807) is 18.5 Å². The highest BCUT2D eigenvalue weighted by molar-refractivity contribution is 5.89. The van der Waals surface area contributed by atoms with Crippen LogP contribution in [0.2, 0.25) is 0 Å². The lowest BCUT2D eigenvalue weighted by Gasteiger charge is -2.14. The van der Waals surface area contributed by atoms with E-state index in [0.29, 0.717) is 24.0 Å². The molecule has 0 aliphatic rings. The first-order valence-electron chi connectivity index (χ1n) is 8.00. The second kappa shape index (κ2) is 6.84. The molecule has 0 aliphatic heterocycles. The summed E-state index contributed by atoms with van der Waals surface area (Å²) in [5, 5.41) is 13.7. The number of aromatic amines is 1. The number of aryl methyl sites for hydroxylation is 1. The molecule has 25 heavy (non-hydrogen) atoms. The molecule has 3 rings (SSSR count). The maximum absolute atomic E-state index is 12.1. The molecule has 3 aromatic rings. The van der Waals surface area contributed by atoms with Crippen molar-refractivity contribution < 1.29 is 9.32 Å². The van der Waals surface area contributed by atoms with Crippen LogP contribution in [0.15, 0.2) is 35.1 Å². The zero-order chi connectivity index (χ0) is 17.9. The molecule has 8 nitrogen and oxygen atoms in total. The summed E-state index contributed by atoms with van der Waals surface area (Å²) in [6.07, 6.45) is 3.92. The number of anilines is 1. The molecule has 0 aromatic carbocycles. The van der Waals surface area contributed by atoms with Gasteiger partial charge in [-0.3, -0.25) is 14.9 Å². The molecule has 0 unspecified atom stereocenters. The Morgan fingerprint density at radius 2 is 2.20 bits per heavy atom. The Hall–Kier alpha value is -3.03. The average Bonchev–Trinajstić information content (AvgIpc) is 3.23. The van der Waals surface area contributed by atoms with Crippen LogP contribution in [0, 0.1) is 0 Å². The van der Waals surface area contributed by atoms with Gasteiger partial charge in [-0.05, 0) is 12.1 Å². The molecule has 2 N–H and O–H groups in total. The molecule has 0 atom stereocenters. The van der Waals surface area contributed by atoms with E-state index < -0.39 is 0 Å². The maximum atomic E-state index is 12.1. The van der Waals surface area contributed by atoms with E-state index in [2.05, 4.69) is 51.4 Å². The number of rotatable bonds is 5. The normalized spacial score (nSPS) is 11.5. The maximum Gasteiger partial charge on any atom is 0.227 e. The van der Waals surface area contributed by atoms with E-state index in [1.807, 2.05) is 12.1 Å². The Balaban J connectivity index is 1.54. The van der Waals surface area contributed by atoms with Crippen molar-refractivity contribution in [1.82, 2.24) is 25.3 Å². The fourth-order valence-corrected chi connectivity index (χ4v) is 2.16. The molecule has 3 aromatic heterocycles. The highest BCUT2D eigenvalue weighted by Crippen LogP contribution is 2.22. The van der Waals surface area contributed by atoms with Gasteiger partial charge in [0.15, 0.2) is 5.82 Å². The first kappa shape index (κ1) is 16.8. The SMILES string of the molecule is CC(C)(C)c1cc(NC(=O)CCc2nc(-c3cccnc3)no2)n[nH]1. The standard InChI is InChI=1S/C17H20N6O2/c1-17(2,3)12-9-13(22-21-12)19-14(24)6-7-15-20-16(23-25-15)11-5-4-8-18-10-11/h4-5,8-10H,6-7H2,1-3H3,(H2,19,21,22,24). The van der Waals surface area contributed by atoms with E-state index in [1.165, 1.54) is 0 Å². The Kier molecular flexibility index (Phi) is 4.60. The zero-order valence-corrected chi connectivity index (χ0v) is 14.4. The lowest BCUT2D eigenvalue weighted by Crippen LogP contribution is -2.13. The van der Waals surface area contributed by atoms with Gasteiger partial charge in [0.1, 0.15) is 0 Å². The lowest BCUT2D eigenvalue weighted by molar-refractivity contribution is -0.116. The number of H-pyrrole nitrogens is 1. The van der Waals surface area contributed by atoms with Crippen LogP contribution in [0.3, 0.4) is 0 Å². The predicted octanol–water partition coefficient (Wildman–Crippen LogP) is 2.72. The Morgan fingerprint density at radius 1 is 1.36 bits per heavy atom. The number of aromatic nitrogens is 5. The molecule has 0 fully saturated rings. The molecule has 130 valence electrons. The summed E-state index contributed by atoms with van der Waals surface area (Å²) in [5.74, 6) is 1.22. The summed E-state index contributed by atoms with van der Waals surface area (Å²) in [7, 11) is 0. The van der Waals surface area contributed by atoms with Gasteiger partial charge in [-0.15, -0.1) is 0 Å². The number of amides is 1. The number of hydrogen-bond acceptors (Lipinski definition) is 6. The molecule has 3 heterocycles. The quantitative estimate of drug-likeness (QED) is 0.739. The van der Waals surface area contributed by atoms with Crippen molar-refractivity contribution in [3.8, 4) is 11.4 Å². The van der Waals surface area contributed by atoms with Crippen LogP contribution in [-0.2, 0) is 16.6 Å². The summed E-state index contributed by atoms with van der Waals surface area (Å²) >= 11 is 0. The molecule has 8 heteroatoms. The summed E-state index contributed by atoms with van der Waals surface area (Å²) < 4.78 is 5.18. The van der Waals surface area contributed by atoms with Crippen LogP contribution in [0.4, 0.5) is 5.82 Å². The molecular formula is C17H20N6O2. The van der Waals surface area contributed by atoms with Crippen LogP contribution in [0.25, 0.3) is 11.4 Å². The summed E-state index contributed by atoms with van der Waals surface area (Å²) in [6, 6.07) is 5.48. The third kappa shape index (κ3) is 4.28. The molecular weight excluding hydrogens is 320 g/mol. The molecule has 0 bridgehead atoms. The lowest BCUT2D eigenvalue weighted by atomic mass is 9.92. The fraction of sp³-hybridized carbons (Fsp3) is 0.353. The third-order valence-electron chi connectivity index (χ3n) is 3.61. The Bertz CT molecular complexity index is 847. The van der Waals surface area contributed by atoms with Crippen molar-refractivity contribution in [3.63, 3.8) is 0 Å². The van der Waals surface area contributed by atoms with Gasteiger partial charge in [0, 0.05) is 48.0 Å². The van der Waals surface area contributed by atoms with Crippen molar-refractivity contribution in [3.05, 3.63) is 42.2 Å². The van der Waals surface area contributed by atoms with Gasteiger partial charge in [0.05, 0.1) is 0 Å². The van der Waals surface area contributed by atoms with Gasteiger partial charge in [0.25, 0.3) is 0 Å². The number of nitrogens with one attached hydrogen (secondary N) is 2. The number of hydrogen-bond donors (Lipinski definition) is 2. The molecule has 0 saturated carbocycles. The van der Waals surface area contributed by atoms with Gasteiger partial charge in [-0.2, -0.15) is 10.1 Å². The van der Waals surface area contributed by atoms with E-state index in [4.69, 9.17) is 4.52 Å². The second-order valence-electron chi connectivity index (χ2n) is 6.72. The van der Waals surface area contributed by atoms with E-state index in [9.17, 15) is 4.79 Å². The number of carbonyl (C=O) groups is 1. The molecule has 0 aliphatic carbocycles. The minimum atomic E-state index is -0.159. The zero-order valence-electron chi connectivity index (χ0n) is 14.4. The first-order chi connectivity index (χ1) is 11.9. The molecule has 0 radical (unpaired) electrons. The number of carbonyl (C=O) groups excluding carboxylic acids is 1. The van der Waals surface area contributed by atoms with Crippen molar-refractivity contribution in [2.75, 3.05) is 5.32 Å². The monoisotopic (exact) mass is 340 g/mol. The summed E-state index contributed by atoms with van der Waals surface area (Å²) in [6.45, 7) is 6.21. The van der Waals surface area contributed by atoms with Crippen LogP contribution >= 0.6 is 0 Å². The van der Waals surface area contributed by atoms with Gasteiger partial charge < -0.3 is 9.84 Å². The highest BCUT2D eigenvalue weighted by Gasteiger charge is 2.17. The van der Waals surface area contributed by atoms with Gasteiger partial charge in [-0.25, -0.2) is 0 Å². The number of nitrogens with zero attached hydrogens (tertiary/aromatic N) is 4. The van der Waals surface area contributed by atoms with Crippen molar-refractivity contribution in [2.45, 2.75) is 39.0 Å². The van der Waals surface area contributed by atoms with E-state index >= 15 is 0 Å². The van der Waals surface area contributed by atoms with Crippen LogP contribution in [0.5, 0.6) is 0 Å². The topological polar surface area (TPSA) is 110 Å². The van der Waals surface area contributed by atoms with Crippen LogP contribution < -0.4 is 5.32 Å². The number of pyridine rings is 1. The largest absolute Gasteiger partial charge is 0.339 e. The average molecular weight is 340 g/mol. The van der Waals surface area contributed by atoms with Gasteiger partial charge in [0.2, 0.25) is 17.6 Å². The summed E-state index contributed by atoms with van der Waals surface area (Å²) in [4.78, 5) is 20.3. The van der Waals surface area contributed by atoms with E-state index in [0.717, 1.165) is 11.3 Å². The minimum Gasteiger partial charge on any atom is -0.339 e. The second-order valence-corrected chi connectivity index (χ2v) is 6.72. The molecule has 0 saturated heterocycles. The molecule has 1 amide bonds. The smallest absolute Gasteiger partial charge is 0.227 e. The highest BCUT2D eigenvalue weighted by atomic mass is 16.5. The van der Waals surface area contributed by atoms with Crippen molar-refractivity contribution in [2.24, 2.45) is 0 Å². The minimum absolute atomic E-state index is 0.0531. The Labute approximate surface area is 145 Å². The first-order valence-corrected chi connectivity index (χ1v) is 8.00. The molecule has 0 spiro atoms. The van der Waals surface area contributed by atoms with Crippen LogP contribution in [-0.4, -0.2) is 31.2 Å². The Morgan fingerprint density at radius 3 is 2.88 bits per heavy atom. The van der Waals surface area contributed by atoms with Gasteiger partial charge >= 0.3 is 0 Å². The van der Waals surface area contributed by atoms with Crippen molar-refractivity contribution >= 4 is 11.7 Å². The predicted molar refractivity (Wildman–Crippen MR) is 91.8 cm³/mol. The third-order valence-corrected chi connectivity index (χ3v) is 3.61. The van der Waals surface area contributed by atoms with Crippen molar-refractivity contribution in [1.29, 1.82) is 0 Å². The van der Waals surface area contributed by atoms with E-state index in [-0.39, 0.29) is 17.7 Å². The van der Waals surface area contributed by atoms with Gasteiger partial charge in [-0.1, -0.05) is 25.9 Å².